The summed E-state index contributed by atoms with van der Waals surface area (Å²) in [5, 5.41) is 9.35. The fraction of sp³-hybridized carbons (Fsp3) is 0.118. The van der Waals surface area contributed by atoms with Gasteiger partial charge in [0.2, 0.25) is 5.76 Å². The lowest BCUT2D eigenvalue weighted by molar-refractivity contribution is -0.135. The number of carboxylic acid groups (broad SMARTS) is 1. The molecule has 0 atom stereocenters. The summed E-state index contributed by atoms with van der Waals surface area (Å²) in [6.45, 7) is 1.82. The number of carbonyl (C=O) groups is 1. The van der Waals surface area contributed by atoms with Crippen molar-refractivity contribution in [3.8, 4) is 11.5 Å². The zero-order valence-electron chi connectivity index (χ0n) is 11.7. The van der Waals surface area contributed by atoms with Gasteiger partial charge in [-0.25, -0.2) is 4.79 Å². The van der Waals surface area contributed by atoms with Gasteiger partial charge in [0.05, 0.1) is 0 Å². The van der Waals surface area contributed by atoms with E-state index >= 15 is 0 Å². The molecule has 4 heteroatoms. The van der Waals surface area contributed by atoms with Gasteiger partial charge in [-0.1, -0.05) is 43.3 Å². The molecule has 0 aliphatic heterocycles. The molecule has 1 N–H and O–H groups in total. The van der Waals surface area contributed by atoms with Gasteiger partial charge in [0.1, 0.15) is 11.5 Å². The summed E-state index contributed by atoms with van der Waals surface area (Å²) in [6.07, 6.45) is 0.406. The fourth-order valence-corrected chi connectivity index (χ4v) is 1.74. The van der Waals surface area contributed by atoms with Crippen LogP contribution >= 0.6 is 0 Å². The summed E-state index contributed by atoms with van der Waals surface area (Å²) >= 11 is 0. The molecular weight excluding hydrogens is 268 g/mol. The summed E-state index contributed by atoms with van der Waals surface area (Å²) in [4.78, 5) is 11.4. The second-order valence-corrected chi connectivity index (χ2v) is 4.24. The maximum atomic E-state index is 11.4. The molecule has 0 radical (unpaired) electrons. The molecule has 0 amide bonds. The molecule has 0 spiro atoms. The van der Waals surface area contributed by atoms with Crippen molar-refractivity contribution in [3.05, 3.63) is 72.2 Å². The van der Waals surface area contributed by atoms with Crippen molar-refractivity contribution >= 4 is 5.97 Å². The first-order valence-electron chi connectivity index (χ1n) is 6.63. The molecule has 0 heterocycles. The number of benzene rings is 2. The minimum atomic E-state index is -1.16. The molecule has 0 fully saturated rings. The summed E-state index contributed by atoms with van der Waals surface area (Å²) in [5.74, 6) is -0.0565. The Labute approximate surface area is 123 Å². The molecule has 0 saturated heterocycles. The Morgan fingerprint density at radius 2 is 1.38 bits per heavy atom. The van der Waals surface area contributed by atoms with Crippen LogP contribution in [0.5, 0.6) is 11.5 Å². The maximum absolute atomic E-state index is 11.4. The van der Waals surface area contributed by atoms with Crippen molar-refractivity contribution in [3.63, 3.8) is 0 Å². The van der Waals surface area contributed by atoms with Gasteiger partial charge in [0, 0.05) is 6.42 Å². The first kappa shape index (κ1) is 14.7. The predicted octanol–water partition coefficient (Wildman–Crippen LogP) is 3.85. The molecule has 0 bridgehead atoms. The number of ether oxygens (including phenoxy) is 2. The van der Waals surface area contributed by atoms with Crippen LogP contribution in [0.2, 0.25) is 0 Å². The van der Waals surface area contributed by atoms with Gasteiger partial charge in [0.25, 0.3) is 0 Å². The van der Waals surface area contributed by atoms with Gasteiger partial charge in [-0.3, -0.25) is 0 Å². The van der Waals surface area contributed by atoms with Crippen LogP contribution in [0.4, 0.5) is 0 Å². The molecule has 2 aromatic carbocycles. The van der Waals surface area contributed by atoms with E-state index in [1.165, 1.54) is 0 Å². The summed E-state index contributed by atoms with van der Waals surface area (Å²) < 4.78 is 11.1. The molecule has 2 rings (SSSR count). The average molecular weight is 284 g/mol. The Balaban J connectivity index is 2.29. The second kappa shape index (κ2) is 7.14. The highest BCUT2D eigenvalue weighted by Crippen LogP contribution is 2.21. The molecular formula is C17H16O4. The summed E-state index contributed by atoms with van der Waals surface area (Å²) in [7, 11) is 0. The minimum Gasteiger partial charge on any atom is -0.475 e. The molecule has 0 aromatic heterocycles. The molecule has 0 saturated carbocycles. The van der Waals surface area contributed by atoms with Crippen molar-refractivity contribution in [2.24, 2.45) is 0 Å². The molecule has 4 nitrogen and oxygen atoms in total. The van der Waals surface area contributed by atoms with Gasteiger partial charge < -0.3 is 14.6 Å². The molecule has 0 aliphatic rings. The van der Waals surface area contributed by atoms with Gasteiger partial charge in [-0.05, 0) is 24.3 Å². The van der Waals surface area contributed by atoms with Gasteiger partial charge in [-0.15, -0.1) is 0 Å². The van der Waals surface area contributed by atoms with E-state index in [4.69, 9.17) is 9.47 Å². The Morgan fingerprint density at radius 1 is 0.905 bits per heavy atom. The Morgan fingerprint density at radius 3 is 1.81 bits per heavy atom. The first-order valence-corrected chi connectivity index (χ1v) is 6.63. The van der Waals surface area contributed by atoms with Crippen molar-refractivity contribution in [2.75, 3.05) is 0 Å². The third-order valence-electron chi connectivity index (χ3n) is 2.72. The van der Waals surface area contributed by atoms with Crippen molar-refractivity contribution < 1.29 is 19.4 Å². The van der Waals surface area contributed by atoms with Crippen LogP contribution in [0.3, 0.4) is 0 Å². The van der Waals surface area contributed by atoms with Crippen LogP contribution in [0.1, 0.15) is 13.3 Å². The van der Waals surface area contributed by atoms with Gasteiger partial charge >= 0.3 is 5.97 Å². The van der Waals surface area contributed by atoms with E-state index in [2.05, 4.69) is 0 Å². The maximum Gasteiger partial charge on any atom is 0.375 e. The van der Waals surface area contributed by atoms with E-state index in [1.807, 2.05) is 31.2 Å². The number of hydrogen-bond acceptors (Lipinski definition) is 3. The zero-order valence-corrected chi connectivity index (χ0v) is 11.7. The van der Waals surface area contributed by atoms with E-state index in [9.17, 15) is 9.90 Å². The van der Waals surface area contributed by atoms with Crippen molar-refractivity contribution in [1.82, 2.24) is 0 Å². The Hall–Kier alpha value is -2.75. The Kier molecular flexibility index (Phi) is 4.99. The molecule has 108 valence electrons. The lowest BCUT2D eigenvalue weighted by Crippen LogP contribution is -2.14. The number of carboxylic acids is 1. The van der Waals surface area contributed by atoms with E-state index in [1.54, 1.807) is 36.4 Å². The standard InChI is InChI=1S/C17H16O4/c1-2-15(20-13-9-5-3-6-10-13)16(17(18)19)21-14-11-7-4-8-12-14/h3-12H,2H2,1H3,(H,18,19). The van der Waals surface area contributed by atoms with Crippen LogP contribution in [-0.2, 0) is 4.79 Å². The largest absolute Gasteiger partial charge is 0.475 e. The van der Waals surface area contributed by atoms with Crippen LogP contribution in [0.25, 0.3) is 0 Å². The third kappa shape index (κ3) is 4.11. The number of allylic oxidation sites excluding steroid dienone is 1. The minimum absolute atomic E-state index is 0.201. The van der Waals surface area contributed by atoms with Crippen LogP contribution in [-0.4, -0.2) is 11.1 Å². The molecule has 2 aromatic rings. The first-order chi connectivity index (χ1) is 10.2. The van der Waals surface area contributed by atoms with E-state index in [0.29, 0.717) is 17.9 Å². The lowest BCUT2D eigenvalue weighted by atomic mass is 10.3. The Bertz CT molecular complexity index is 618. The van der Waals surface area contributed by atoms with Crippen molar-refractivity contribution in [2.45, 2.75) is 13.3 Å². The van der Waals surface area contributed by atoms with Crippen LogP contribution in [0.15, 0.2) is 72.2 Å². The summed E-state index contributed by atoms with van der Waals surface area (Å²) in [5.41, 5.74) is 0. The van der Waals surface area contributed by atoms with Crippen LogP contribution < -0.4 is 9.47 Å². The zero-order chi connectivity index (χ0) is 15.1. The highest BCUT2D eigenvalue weighted by atomic mass is 16.5. The monoisotopic (exact) mass is 284 g/mol. The average Bonchev–Trinajstić information content (AvgIpc) is 2.52. The second-order valence-electron chi connectivity index (χ2n) is 4.24. The quantitative estimate of drug-likeness (QED) is 0.646. The highest BCUT2D eigenvalue weighted by Gasteiger charge is 2.18. The predicted molar refractivity (Wildman–Crippen MR) is 79.1 cm³/mol. The number of hydrogen-bond donors (Lipinski definition) is 1. The smallest absolute Gasteiger partial charge is 0.375 e. The van der Waals surface area contributed by atoms with Crippen molar-refractivity contribution in [1.29, 1.82) is 0 Å². The van der Waals surface area contributed by atoms with E-state index < -0.39 is 5.97 Å². The van der Waals surface area contributed by atoms with Crippen LogP contribution in [0, 0.1) is 0 Å². The topological polar surface area (TPSA) is 55.8 Å². The normalized spacial score (nSPS) is 11.5. The van der Waals surface area contributed by atoms with Gasteiger partial charge in [0.15, 0.2) is 5.76 Å². The van der Waals surface area contributed by atoms with E-state index in [-0.39, 0.29) is 11.5 Å². The number of para-hydroxylation sites is 2. The SMILES string of the molecule is CCC(Oc1ccccc1)=C(Oc1ccccc1)C(=O)O. The number of aliphatic carboxylic acids is 1. The highest BCUT2D eigenvalue weighted by molar-refractivity contribution is 5.85. The molecule has 0 unspecified atom stereocenters. The molecule has 0 aliphatic carbocycles. The fourth-order valence-electron chi connectivity index (χ4n) is 1.74. The summed E-state index contributed by atoms with van der Waals surface area (Å²) in [6, 6.07) is 17.8. The third-order valence-corrected chi connectivity index (χ3v) is 2.72. The van der Waals surface area contributed by atoms with Gasteiger partial charge in [-0.2, -0.15) is 0 Å². The van der Waals surface area contributed by atoms with E-state index in [0.717, 1.165) is 0 Å². The molecule has 21 heavy (non-hydrogen) atoms. The number of rotatable bonds is 6. The lowest BCUT2D eigenvalue weighted by Gasteiger charge is -2.13.